The van der Waals surface area contributed by atoms with Crippen LogP contribution in [0.15, 0.2) is 65.3 Å². The van der Waals surface area contributed by atoms with Gasteiger partial charge in [0.25, 0.3) is 5.91 Å². The van der Waals surface area contributed by atoms with Crippen molar-refractivity contribution in [3.8, 4) is 0 Å². The average molecular weight is 334 g/mol. The molecule has 0 saturated carbocycles. The molecule has 0 saturated heterocycles. The second-order valence-corrected chi connectivity index (χ2v) is 6.16. The Morgan fingerprint density at radius 2 is 1.76 bits per heavy atom. The van der Waals surface area contributed by atoms with Gasteiger partial charge in [0.2, 0.25) is 0 Å². The molecule has 1 amide bonds. The number of hydrogen-bond donors (Lipinski definition) is 1. The summed E-state index contributed by atoms with van der Waals surface area (Å²) in [5, 5.41) is 3.41. The Labute approximate surface area is 148 Å². The fourth-order valence-corrected chi connectivity index (χ4v) is 2.72. The summed E-state index contributed by atoms with van der Waals surface area (Å²) >= 11 is 0. The van der Waals surface area contributed by atoms with Crippen molar-refractivity contribution < 1.29 is 9.21 Å². The summed E-state index contributed by atoms with van der Waals surface area (Å²) in [5.41, 5.74) is 4.83. The first-order valence-electron chi connectivity index (χ1n) is 8.26. The fraction of sp³-hybridized carbons (Fsp3) is 0.190. The Morgan fingerprint density at radius 1 is 1.00 bits per heavy atom. The van der Waals surface area contributed by atoms with Crippen molar-refractivity contribution in [3.05, 3.63) is 83.3 Å². The summed E-state index contributed by atoms with van der Waals surface area (Å²) < 4.78 is 5.34. The summed E-state index contributed by atoms with van der Waals surface area (Å²) in [7, 11) is 1.78. The number of rotatable bonds is 5. The van der Waals surface area contributed by atoms with E-state index in [-0.39, 0.29) is 5.91 Å². The Balaban J connectivity index is 1.85. The van der Waals surface area contributed by atoms with Gasteiger partial charge in [-0.05, 0) is 55.3 Å². The highest BCUT2D eigenvalue weighted by Gasteiger charge is 2.17. The Morgan fingerprint density at radius 3 is 2.52 bits per heavy atom. The van der Waals surface area contributed by atoms with E-state index >= 15 is 0 Å². The van der Waals surface area contributed by atoms with Crippen LogP contribution in [-0.4, -0.2) is 17.9 Å². The van der Waals surface area contributed by atoms with Crippen LogP contribution in [0.1, 0.15) is 27.2 Å². The number of carbonyl (C=O) groups excluding carboxylic acids is 1. The minimum atomic E-state index is -0.0511. The largest absolute Gasteiger partial charge is 0.467 e. The van der Waals surface area contributed by atoms with E-state index in [2.05, 4.69) is 25.2 Å². The Kier molecular flexibility index (Phi) is 4.89. The van der Waals surface area contributed by atoms with Crippen LogP contribution < -0.4 is 5.32 Å². The van der Waals surface area contributed by atoms with Gasteiger partial charge in [0, 0.05) is 12.7 Å². The lowest BCUT2D eigenvalue weighted by Gasteiger charge is -2.19. The van der Waals surface area contributed by atoms with Gasteiger partial charge in [-0.15, -0.1) is 0 Å². The molecule has 3 aromatic rings. The number of hydrogen-bond acceptors (Lipinski definition) is 3. The molecule has 2 aromatic carbocycles. The van der Waals surface area contributed by atoms with E-state index in [0.717, 1.165) is 17.1 Å². The van der Waals surface area contributed by atoms with Gasteiger partial charge in [0.05, 0.1) is 24.1 Å². The number of furan rings is 1. The van der Waals surface area contributed by atoms with Crippen molar-refractivity contribution in [1.82, 2.24) is 4.90 Å². The summed E-state index contributed by atoms with van der Waals surface area (Å²) in [6.07, 6.45) is 1.61. The zero-order chi connectivity index (χ0) is 17.8. The first-order chi connectivity index (χ1) is 12.1. The first kappa shape index (κ1) is 16.8. The number of aryl methyl sites for hydroxylation is 1. The molecular formula is C21H22N2O2. The van der Waals surface area contributed by atoms with Crippen molar-refractivity contribution in [2.75, 3.05) is 12.4 Å². The minimum absolute atomic E-state index is 0.0511. The zero-order valence-electron chi connectivity index (χ0n) is 14.7. The molecule has 0 unspecified atom stereocenters. The summed E-state index contributed by atoms with van der Waals surface area (Å²) in [6.45, 7) is 4.59. The molecule has 1 aromatic heterocycles. The number of nitrogens with one attached hydrogen (secondary N) is 1. The van der Waals surface area contributed by atoms with Crippen LogP contribution in [0.2, 0.25) is 0 Å². The van der Waals surface area contributed by atoms with Gasteiger partial charge in [-0.2, -0.15) is 0 Å². The van der Waals surface area contributed by atoms with Crippen LogP contribution in [0.4, 0.5) is 11.4 Å². The van der Waals surface area contributed by atoms with Crippen molar-refractivity contribution in [2.45, 2.75) is 20.4 Å². The number of benzene rings is 2. The maximum Gasteiger partial charge on any atom is 0.256 e. The highest BCUT2D eigenvalue weighted by atomic mass is 16.3. The van der Waals surface area contributed by atoms with Crippen molar-refractivity contribution in [1.29, 1.82) is 0 Å². The molecule has 0 spiro atoms. The molecule has 3 rings (SSSR count). The van der Waals surface area contributed by atoms with E-state index in [1.165, 1.54) is 11.1 Å². The van der Waals surface area contributed by atoms with Crippen LogP contribution in [0, 0.1) is 13.8 Å². The molecule has 0 bridgehead atoms. The van der Waals surface area contributed by atoms with Gasteiger partial charge in [-0.1, -0.05) is 24.3 Å². The zero-order valence-corrected chi connectivity index (χ0v) is 14.7. The third-order valence-corrected chi connectivity index (χ3v) is 4.35. The molecule has 0 aliphatic carbocycles. The SMILES string of the molecule is Cc1cccc(Nc2ccccc2C(=O)N(C)Cc2ccco2)c1C. The number of anilines is 2. The topological polar surface area (TPSA) is 45.5 Å². The van der Waals surface area contributed by atoms with E-state index in [1.807, 2.05) is 48.5 Å². The molecule has 0 aliphatic rings. The van der Waals surface area contributed by atoms with Crippen LogP contribution in [0.3, 0.4) is 0 Å². The minimum Gasteiger partial charge on any atom is -0.467 e. The van der Waals surface area contributed by atoms with Gasteiger partial charge in [0.1, 0.15) is 5.76 Å². The van der Waals surface area contributed by atoms with Gasteiger partial charge in [-0.25, -0.2) is 0 Å². The van der Waals surface area contributed by atoms with Crippen molar-refractivity contribution in [3.63, 3.8) is 0 Å². The molecule has 1 N–H and O–H groups in total. The van der Waals surface area contributed by atoms with Gasteiger partial charge in [-0.3, -0.25) is 4.79 Å². The quantitative estimate of drug-likeness (QED) is 0.721. The number of para-hydroxylation sites is 1. The fourth-order valence-electron chi connectivity index (χ4n) is 2.72. The third kappa shape index (κ3) is 3.74. The maximum atomic E-state index is 12.9. The van der Waals surface area contributed by atoms with E-state index in [0.29, 0.717) is 12.1 Å². The van der Waals surface area contributed by atoms with Crippen molar-refractivity contribution >= 4 is 17.3 Å². The molecule has 4 nitrogen and oxygen atoms in total. The van der Waals surface area contributed by atoms with E-state index in [4.69, 9.17) is 4.42 Å². The summed E-state index contributed by atoms with van der Waals surface area (Å²) in [6, 6.07) is 17.4. The molecule has 0 fully saturated rings. The first-order valence-corrected chi connectivity index (χ1v) is 8.26. The summed E-state index contributed by atoms with van der Waals surface area (Å²) in [4.78, 5) is 14.5. The van der Waals surface area contributed by atoms with Crippen molar-refractivity contribution in [2.24, 2.45) is 0 Å². The van der Waals surface area contributed by atoms with Gasteiger partial charge < -0.3 is 14.6 Å². The Hall–Kier alpha value is -3.01. The van der Waals surface area contributed by atoms with Crippen LogP contribution in [0.25, 0.3) is 0 Å². The van der Waals surface area contributed by atoms with Crippen LogP contribution >= 0.6 is 0 Å². The molecule has 1 heterocycles. The lowest BCUT2D eigenvalue weighted by atomic mass is 10.1. The number of nitrogens with zero attached hydrogens (tertiary/aromatic N) is 1. The highest BCUT2D eigenvalue weighted by Crippen LogP contribution is 2.26. The molecular weight excluding hydrogens is 312 g/mol. The molecule has 128 valence electrons. The van der Waals surface area contributed by atoms with E-state index in [9.17, 15) is 4.79 Å². The molecule has 0 radical (unpaired) electrons. The molecule has 4 heteroatoms. The van der Waals surface area contributed by atoms with Gasteiger partial charge in [0.15, 0.2) is 0 Å². The lowest BCUT2D eigenvalue weighted by molar-refractivity contribution is 0.0776. The smallest absolute Gasteiger partial charge is 0.256 e. The molecule has 0 aliphatic heterocycles. The second-order valence-electron chi connectivity index (χ2n) is 6.16. The highest BCUT2D eigenvalue weighted by molar-refractivity contribution is 6.00. The van der Waals surface area contributed by atoms with Crippen LogP contribution in [-0.2, 0) is 6.54 Å². The summed E-state index contributed by atoms with van der Waals surface area (Å²) in [5.74, 6) is 0.709. The van der Waals surface area contributed by atoms with E-state index < -0.39 is 0 Å². The predicted molar refractivity (Wildman–Crippen MR) is 100 cm³/mol. The van der Waals surface area contributed by atoms with E-state index in [1.54, 1.807) is 18.2 Å². The molecule has 25 heavy (non-hydrogen) atoms. The standard InChI is InChI=1S/C21H22N2O2/c1-15-8-6-12-19(16(15)2)22-20-11-5-4-10-18(20)21(24)23(3)14-17-9-7-13-25-17/h4-13,22H,14H2,1-3H3. The predicted octanol–water partition coefficient (Wildman–Crippen LogP) is 4.91. The lowest BCUT2D eigenvalue weighted by Crippen LogP contribution is -2.26. The monoisotopic (exact) mass is 334 g/mol. The number of carbonyl (C=O) groups is 1. The number of amides is 1. The van der Waals surface area contributed by atoms with Crippen LogP contribution in [0.5, 0.6) is 0 Å². The van der Waals surface area contributed by atoms with Gasteiger partial charge >= 0.3 is 0 Å². The third-order valence-electron chi connectivity index (χ3n) is 4.35. The molecule has 0 atom stereocenters. The average Bonchev–Trinajstić information content (AvgIpc) is 3.12. The second kappa shape index (κ2) is 7.26. The maximum absolute atomic E-state index is 12.9. The Bertz CT molecular complexity index is 869. The normalized spacial score (nSPS) is 10.5.